The highest BCUT2D eigenvalue weighted by Gasteiger charge is 3.01. The number of alkyl halides is 11. The third-order valence-electron chi connectivity index (χ3n) is 3.92. The van der Waals surface area contributed by atoms with Gasteiger partial charge in [-0.1, -0.05) is 0 Å². The van der Waals surface area contributed by atoms with Gasteiger partial charge in [0.1, 0.15) is 0 Å². The number of rotatable bonds is 1. The van der Waals surface area contributed by atoms with E-state index < -0.39 is 55.5 Å². The number of halogens is 13. The second-order valence-corrected chi connectivity index (χ2v) is 7.09. The molecule has 0 spiro atoms. The largest absolute Gasteiger partial charge is 0.397 e. The summed E-state index contributed by atoms with van der Waals surface area (Å²) in [7, 11) is 0. The average Bonchev–Trinajstić information content (AvgIpc) is 2.49. The molecule has 0 bridgehead atoms. The van der Waals surface area contributed by atoms with Crippen molar-refractivity contribution in [1.82, 2.24) is 0 Å². The van der Waals surface area contributed by atoms with Gasteiger partial charge in [0.15, 0.2) is 0 Å². The number of benzene rings is 1. The van der Waals surface area contributed by atoms with Crippen LogP contribution < -0.4 is 5.73 Å². The molecule has 1 aliphatic rings. The maximum atomic E-state index is 14.8. The lowest BCUT2D eigenvalue weighted by Gasteiger charge is -2.52. The Morgan fingerprint density at radius 3 is 1.15 bits per heavy atom. The molecular weight excluding hydrogens is 527 g/mol. The van der Waals surface area contributed by atoms with E-state index in [1.807, 2.05) is 0 Å². The predicted octanol–water partition coefficient (Wildman–Crippen LogP) is 6.15. The molecule has 0 saturated heterocycles. The molecule has 0 radical (unpaired) electrons. The van der Waals surface area contributed by atoms with Crippen LogP contribution in [0.25, 0.3) is 0 Å². The van der Waals surface area contributed by atoms with Gasteiger partial charge in [0, 0.05) is 14.5 Å². The first-order valence-corrected chi connectivity index (χ1v) is 7.74. The molecule has 2 rings (SSSR count). The molecule has 1 aromatic carbocycles. The van der Waals surface area contributed by atoms with Crippen molar-refractivity contribution in [3.63, 3.8) is 0 Å². The highest BCUT2D eigenvalue weighted by molar-refractivity contribution is 9.11. The summed E-state index contributed by atoms with van der Waals surface area (Å²) in [4.78, 5) is 0. The van der Waals surface area contributed by atoms with Gasteiger partial charge in [-0.3, -0.25) is 0 Å². The van der Waals surface area contributed by atoms with Crippen LogP contribution in [0.2, 0.25) is 0 Å². The summed E-state index contributed by atoms with van der Waals surface area (Å²) >= 11 is 5.02. The second kappa shape index (κ2) is 5.39. The van der Waals surface area contributed by atoms with Crippen molar-refractivity contribution >= 4 is 37.5 Å². The molecule has 1 aliphatic carbocycles. The van der Waals surface area contributed by atoms with E-state index >= 15 is 0 Å². The van der Waals surface area contributed by atoms with Crippen molar-refractivity contribution in [3.05, 3.63) is 26.6 Å². The van der Waals surface area contributed by atoms with E-state index in [-0.39, 0.29) is 12.1 Å². The van der Waals surface area contributed by atoms with Gasteiger partial charge in [0.05, 0.1) is 5.69 Å². The maximum absolute atomic E-state index is 14.8. The lowest BCUT2D eigenvalue weighted by Crippen LogP contribution is -2.82. The van der Waals surface area contributed by atoms with E-state index in [0.29, 0.717) is 0 Å². The number of hydrogen-bond acceptors (Lipinski definition) is 1. The summed E-state index contributed by atoms with van der Waals surface area (Å²) in [5.41, 5.74) is -3.43. The minimum atomic E-state index is -7.25. The van der Waals surface area contributed by atoms with Gasteiger partial charge in [-0.2, -0.15) is 43.9 Å². The molecule has 148 valence electrons. The van der Waals surface area contributed by atoms with Crippen LogP contribution in [0, 0.1) is 0 Å². The summed E-state index contributed by atoms with van der Waals surface area (Å²) in [5.74, 6) is -35.4. The highest BCUT2D eigenvalue weighted by Crippen LogP contribution is 2.72. The fraction of sp³-hybridized carbons (Fsp3) is 0.500. The summed E-state index contributed by atoms with van der Waals surface area (Å²) in [6.45, 7) is 0. The SMILES string of the molecule is Nc1c(Br)cc(C2(F)C(F)(F)C(F)(F)C(F)(F)C(F)(F)C2(F)F)cc1Br. The Kier molecular flexibility index (Phi) is 4.46. The average molecular weight is 531 g/mol. The molecule has 1 fully saturated rings. The van der Waals surface area contributed by atoms with Crippen molar-refractivity contribution in [2.75, 3.05) is 5.73 Å². The third-order valence-corrected chi connectivity index (χ3v) is 5.23. The minimum absolute atomic E-state index is 0.00244. The van der Waals surface area contributed by atoms with Gasteiger partial charge in [-0.15, -0.1) is 0 Å². The quantitative estimate of drug-likeness (QED) is 0.342. The molecule has 0 aromatic heterocycles. The summed E-state index contributed by atoms with van der Waals surface area (Å²) in [5, 5.41) is 0. The molecule has 0 unspecified atom stereocenters. The normalized spacial score (nSPS) is 27.1. The van der Waals surface area contributed by atoms with Crippen molar-refractivity contribution in [2.24, 2.45) is 0 Å². The van der Waals surface area contributed by atoms with Gasteiger partial charge in [-0.05, 0) is 44.0 Å². The lowest BCUT2D eigenvalue weighted by atomic mass is 9.69. The van der Waals surface area contributed by atoms with E-state index in [2.05, 4.69) is 31.9 Å². The first-order chi connectivity index (χ1) is 11.3. The zero-order valence-electron chi connectivity index (χ0n) is 11.6. The van der Waals surface area contributed by atoms with Crippen molar-refractivity contribution in [2.45, 2.75) is 35.3 Å². The van der Waals surface area contributed by atoms with Crippen LogP contribution in [0.5, 0.6) is 0 Å². The van der Waals surface area contributed by atoms with E-state index in [0.717, 1.165) is 0 Å². The maximum Gasteiger partial charge on any atom is 0.384 e. The van der Waals surface area contributed by atoms with Gasteiger partial charge in [-0.25, -0.2) is 4.39 Å². The lowest BCUT2D eigenvalue weighted by molar-refractivity contribution is -0.489. The number of nitrogen functional groups attached to an aromatic ring is 1. The monoisotopic (exact) mass is 529 g/mol. The van der Waals surface area contributed by atoms with Gasteiger partial charge in [0.2, 0.25) is 0 Å². The van der Waals surface area contributed by atoms with Crippen LogP contribution in [-0.4, -0.2) is 29.6 Å². The first-order valence-electron chi connectivity index (χ1n) is 6.15. The van der Waals surface area contributed by atoms with Crippen LogP contribution in [0.3, 0.4) is 0 Å². The van der Waals surface area contributed by atoms with Crippen molar-refractivity contribution in [1.29, 1.82) is 0 Å². The Hall–Kier alpha value is -0.790. The van der Waals surface area contributed by atoms with Gasteiger partial charge in [0.25, 0.3) is 5.67 Å². The molecule has 0 amide bonds. The van der Waals surface area contributed by atoms with E-state index in [9.17, 15) is 48.3 Å². The zero-order valence-corrected chi connectivity index (χ0v) is 14.8. The number of anilines is 1. The van der Waals surface area contributed by atoms with Crippen LogP contribution in [-0.2, 0) is 5.67 Å². The Labute approximate surface area is 154 Å². The molecular formula is C12H4Br2F11N. The summed E-state index contributed by atoms with van der Waals surface area (Å²) in [6.07, 6.45) is 0. The smallest absolute Gasteiger partial charge is 0.384 e. The third kappa shape index (κ3) is 2.02. The number of hydrogen-bond donors (Lipinski definition) is 1. The molecule has 2 N–H and O–H groups in total. The highest BCUT2D eigenvalue weighted by atomic mass is 79.9. The van der Waals surface area contributed by atoms with Gasteiger partial charge >= 0.3 is 29.6 Å². The Morgan fingerprint density at radius 1 is 0.577 bits per heavy atom. The first kappa shape index (κ1) is 21.5. The van der Waals surface area contributed by atoms with Crippen molar-refractivity contribution in [3.8, 4) is 0 Å². The molecule has 1 nitrogen and oxygen atoms in total. The van der Waals surface area contributed by atoms with Crippen LogP contribution in [0.15, 0.2) is 21.1 Å². The molecule has 26 heavy (non-hydrogen) atoms. The summed E-state index contributed by atoms with van der Waals surface area (Å²) in [6, 6.07) is -0.00489. The summed E-state index contributed by atoms with van der Waals surface area (Å²) < 4.78 is 149. The fourth-order valence-electron chi connectivity index (χ4n) is 2.37. The minimum Gasteiger partial charge on any atom is -0.397 e. The van der Waals surface area contributed by atoms with Crippen LogP contribution >= 0.6 is 31.9 Å². The molecule has 0 aliphatic heterocycles. The van der Waals surface area contributed by atoms with Crippen LogP contribution in [0.4, 0.5) is 54.0 Å². The molecule has 0 heterocycles. The Bertz CT molecular complexity index is 709. The van der Waals surface area contributed by atoms with E-state index in [1.165, 1.54) is 0 Å². The van der Waals surface area contributed by atoms with Gasteiger partial charge < -0.3 is 5.73 Å². The molecule has 14 heteroatoms. The standard InChI is InChI=1S/C12H4Br2F11N/c13-4-1-3(2-5(14)6(4)26)7(15)8(16,17)10(20,21)12(24,25)11(22,23)9(7,18)19/h1-2H,26H2. The Balaban J connectivity index is 2.98. The van der Waals surface area contributed by atoms with Crippen molar-refractivity contribution < 1.29 is 48.3 Å². The fourth-order valence-corrected chi connectivity index (χ4v) is 3.55. The van der Waals surface area contributed by atoms with E-state index in [4.69, 9.17) is 5.73 Å². The predicted molar refractivity (Wildman–Crippen MR) is 73.8 cm³/mol. The molecule has 1 saturated carbocycles. The molecule has 1 aromatic rings. The van der Waals surface area contributed by atoms with E-state index in [1.54, 1.807) is 0 Å². The van der Waals surface area contributed by atoms with Crippen LogP contribution in [0.1, 0.15) is 5.56 Å². The second-order valence-electron chi connectivity index (χ2n) is 5.38. The Morgan fingerprint density at radius 2 is 0.846 bits per heavy atom. The topological polar surface area (TPSA) is 26.0 Å². The zero-order chi connectivity index (χ0) is 20.7. The number of nitrogens with two attached hydrogens (primary N) is 1. The molecule has 0 atom stereocenters.